The topological polar surface area (TPSA) is 49.4 Å². The fourth-order valence-electron chi connectivity index (χ4n) is 2.20. The average Bonchev–Trinajstić information content (AvgIpc) is 2.48. The van der Waals surface area contributed by atoms with Gasteiger partial charge in [-0.2, -0.15) is 0 Å². The first kappa shape index (κ1) is 11.3. The van der Waals surface area contributed by atoms with Gasteiger partial charge in [-0.3, -0.25) is 14.5 Å². The monoisotopic (exact) mass is 222 g/mol. The molecule has 2 heterocycles. The molecule has 2 unspecified atom stereocenters. The van der Waals surface area contributed by atoms with Gasteiger partial charge in [-0.15, -0.1) is 0 Å². The molecule has 1 saturated heterocycles. The Morgan fingerprint density at radius 1 is 1.31 bits per heavy atom. The molecule has 0 aromatic rings. The molecule has 0 aliphatic carbocycles. The van der Waals surface area contributed by atoms with Gasteiger partial charge in [-0.25, -0.2) is 0 Å². The van der Waals surface area contributed by atoms with Gasteiger partial charge in [-0.05, 0) is 13.0 Å². The van der Waals surface area contributed by atoms with Crippen molar-refractivity contribution in [3.63, 3.8) is 0 Å². The second-order valence-corrected chi connectivity index (χ2v) is 4.66. The van der Waals surface area contributed by atoms with E-state index >= 15 is 0 Å². The van der Waals surface area contributed by atoms with Gasteiger partial charge in [-0.1, -0.05) is 25.5 Å². The quantitative estimate of drug-likeness (QED) is 0.548. The van der Waals surface area contributed by atoms with Gasteiger partial charge in [0.2, 0.25) is 11.8 Å². The number of nitrogens with zero attached hydrogens (tertiary/aromatic N) is 1. The van der Waals surface area contributed by atoms with E-state index in [0.717, 1.165) is 19.5 Å². The van der Waals surface area contributed by atoms with Crippen LogP contribution in [0.4, 0.5) is 0 Å². The number of likely N-dealkylation sites (tertiary alicyclic amines) is 1. The molecule has 2 aliphatic heterocycles. The second-order valence-electron chi connectivity index (χ2n) is 4.66. The number of carbonyl (C=O) groups is 2. The molecule has 2 rings (SSSR count). The molecule has 0 aromatic heterocycles. The van der Waals surface area contributed by atoms with E-state index in [9.17, 15) is 9.59 Å². The van der Waals surface area contributed by atoms with Crippen LogP contribution in [0.2, 0.25) is 0 Å². The van der Waals surface area contributed by atoms with E-state index in [-0.39, 0.29) is 23.7 Å². The largest absolute Gasteiger partial charge is 0.313 e. The number of nitrogens with one attached hydrogen (secondary N) is 1. The number of hydrogen-bond donors (Lipinski definition) is 1. The van der Waals surface area contributed by atoms with Crippen LogP contribution in [0.15, 0.2) is 11.6 Å². The molecular weight excluding hydrogens is 204 g/mol. The van der Waals surface area contributed by atoms with E-state index in [2.05, 4.69) is 11.4 Å². The Morgan fingerprint density at radius 2 is 1.94 bits per heavy atom. The predicted molar refractivity (Wildman–Crippen MR) is 60.6 cm³/mol. The third-order valence-electron chi connectivity index (χ3n) is 3.58. The lowest BCUT2D eigenvalue weighted by molar-refractivity contribution is -0.139. The van der Waals surface area contributed by atoms with Crippen molar-refractivity contribution in [2.75, 3.05) is 19.6 Å². The highest BCUT2D eigenvalue weighted by atomic mass is 16.2. The van der Waals surface area contributed by atoms with Gasteiger partial charge in [0, 0.05) is 24.9 Å². The molecule has 2 aliphatic rings. The van der Waals surface area contributed by atoms with Crippen molar-refractivity contribution in [2.45, 2.75) is 20.3 Å². The second kappa shape index (κ2) is 4.37. The zero-order valence-corrected chi connectivity index (χ0v) is 9.82. The normalized spacial score (nSPS) is 30.9. The van der Waals surface area contributed by atoms with Crippen molar-refractivity contribution in [1.82, 2.24) is 10.2 Å². The molecule has 16 heavy (non-hydrogen) atoms. The highest BCUT2D eigenvalue weighted by molar-refractivity contribution is 6.04. The third-order valence-corrected chi connectivity index (χ3v) is 3.58. The van der Waals surface area contributed by atoms with Gasteiger partial charge in [0.15, 0.2) is 0 Å². The molecule has 2 amide bonds. The molecule has 0 radical (unpaired) electrons. The number of rotatable bonds is 2. The Bertz CT molecular complexity index is 329. The Hall–Kier alpha value is -1.16. The molecule has 0 saturated carbocycles. The van der Waals surface area contributed by atoms with E-state index in [4.69, 9.17) is 0 Å². The minimum absolute atomic E-state index is 0.0167. The van der Waals surface area contributed by atoms with Crippen LogP contribution in [0.3, 0.4) is 0 Å². The van der Waals surface area contributed by atoms with Gasteiger partial charge in [0.25, 0.3) is 0 Å². The van der Waals surface area contributed by atoms with Crippen LogP contribution in [0, 0.1) is 11.8 Å². The minimum Gasteiger partial charge on any atom is -0.313 e. The zero-order chi connectivity index (χ0) is 11.7. The molecule has 1 N–H and O–H groups in total. The van der Waals surface area contributed by atoms with Crippen LogP contribution in [-0.4, -0.2) is 36.3 Å². The highest BCUT2D eigenvalue weighted by Gasteiger charge is 2.42. The van der Waals surface area contributed by atoms with Crippen LogP contribution in [0.1, 0.15) is 20.3 Å². The lowest BCUT2D eigenvalue weighted by Gasteiger charge is -2.20. The summed E-state index contributed by atoms with van der Waals surface area (Å²) in [6.45, 7) is 5.95. The molecular formula is C12H18N2O2. The number of carbonyl (C=O) groups excluding carboxylic acids is 2. The molecule has 4 nitrogen and oxygen atoms in total. The Kier molecular flexibility index (Phi) is 3.10. The minimum atomic E-state index is -0.158. The highest BCUT2D eigenvalue weighted by Crippen LogP contribution is 2.26. The lowest BCUT2D eigenvalue weighted by atomic mass is 10.00. The molecule has 0 bridgehead atoms. The molecule has 0 aromatic carbocycles. The Morgan fingerprint density at radius 3 is 2.44 bits per heavy atom. The van der Waals surface area contributed by atoms with Crippen molar-refractivity contribution in [3.05, 3.63) is 11.6 Å². The summed E-state index contributed by atoms with van der Waals surface area (Å²) >= 11 is 0. The summed E-state index contributed by atoms with van der Waals surface area (Å²) in [7, 11) is 0. The van der Waals surface area contributed by atoms with E-state index in [1.807, 2.05) is 13.8 Å². The summed E-state index contributed by atoms with van der Waals surface area (Å²) in [5.41, 5.74) is 1.20. The summed E-state index contributed by atoms with van der Waals surface area (Å²) in [5.74, 6) is -0.349. The summed E-state index contributed by atoms with van der Waals surface area (Å²) < 4.78 is 0. The van der Waals surface area contributed by atoms with E-state index in [0.29, 0.717) is 6.54 Å². The van der Waals surface area contributed by atoms with Gasteiger partial charge >= 0.3 is 0 Å². The molecule has 2 atom stereocenters. The SMILES string of the molecule is CC1C(=O)N(CC2=CCNCC2)C(=O)C1C. The van der Waals surface area contributed by atoms with Crippen LogP contribution < -0.4 is 5.32 Å². The van der Waals surface area contributed by atoms with Crippen molar-refractivity contribution in [1.29, 1.82) is 0 Å². The standard InChI is InChI=1S/C12H18N2O2/c1-8-9(2)12(16)14(11(8)15)7-10-3-5-13-6-4-10/h3,8-9,13H,4-7H2,1-2H3. The average molecular weight is 222 g/mol. The third kappa shape index (κ3) is 1.89. The van der Waals surface area contributed by atoms with Crippen molar-refractivity contribution >= 4 is 11.8 Å². The number of amides is 2. The maximum Gasteiger partial charge on any atom is 0.233 e. The van der Waals surface area contributed by atoms with Crippen molar-refractivity contribution in [3.8, 4) is 0 Å². The number of imide groups is 1. The fraction of sp³-hybridized carbons (Fsp3) is 0.667. The van der Waals surface area contributed by atoms with Crippen molar-refractivity contribution in [2.24, 2.45) is 11.8 Å². The van der Waals surface area contributed by atoms with Crippen LogP contribution in [0.25, 0.3) is 0 Å². The lowest BCUT2D eigenvalue weighted by Crippen LogP contribution is -2.34. The summed E-state index contributed by atoms with van der Waals surface area (Å²) in [5, 5.41) is 3.21. The molecule has 1 fully saturated rings. The summed E-state index contributed by atoms with van der Waals surface area (Å²) in [6.07, 6.45) is 3.01. The van der Waals surface area contributed by atoms with Gasteiger partial charge in [0.1, 0.15) is 0 Å². The predicted octanol–water partition coefficient (Wildman–Crippen LogP) is 0.547. The smallest absolute Gasteiger partial charge is 0.233 e. The molecule has 4 heteroatoms. The number of hydrogen-bond acceptors (Lipinski definition) is 3. The van der Waals surface area contributed by atoms with Crippen LogP contribution in [-0.2, 0) is 9.59 Å². The first-order valence-corrected chi connectivity index (χ1v) is 5.85. The van der Waals surface area contributed by atoms with E-state index in [1.165, 1.54) is 10.5 Å². The fourth-order valence-corrected chi connectivity index (χ4v) is 2.20. The van der Waals surface area contributed by atoms with E-state index in [1.54, 1.807) is 0 Å². The first-order valence-electron chi connectivity index (χ1n) is 5.85. The molecule has 0 spiro atoms. The maximum atomic E-state index is 11.9. The maximum absolute atomic E-state index is 11.9. The zero-order valence-electron chi connectivity index (χ0n) is 9.82. The Labute approximate surface area is 95.7 Å². The van der Waals surface area contributed by atoms with Crippen LogP contribution in [0.5, 0.6) is 0 Å². The summed E-state index contributed by atoms with van der Waals surface area (Å²) in [4.78, 5) is 25.1. The summed E-state index contributed by atoms with van der Waals surface area (Å²) in [6, 6.07) is 0. The van der Waals surface area contributed by atoms with E-state index < -0.39 is 0 Å². The molecule has 88 valence electrons. The van der Waals surface area contributed by atoms with Gasteiger partial charge in [0.05, 0.1) is 0 Å². The van der Waals surface area contributed by atoms with Crippen LogP contribution >= 0.6 is 0 Å². The Balaban J connectivity index is 2.07. The van der Waals surface area contributed by atoms with Gasteiger partial charge < -0.3 is 5.32 Å². The first-order chi connectivity index (χ1) is 7.61. The van der Waals surface area contributed by atoms with Crippen molar-refractivity contribution < 1.29 is 9.59 Å².